The van der Waals surface area contributed by atoms with Crippen molar-refractivity contribution in [1.29, 1.82) is 0 Å². The Morgan fingerprint density at radius 1 is 0.923 bits per heavy atom. The van der Waals surface area contributed by atoms with Gasteiger partial charge in [-0.25, -0.2) is 0 Å². The molecule has 4 atom stereocenters. The Bertz CT molecular complexity index is 1470. The standard InChI is InChI=1S/C32H34ClN5S/c1-21-17-22(2)20-36(19-21)28-14-13-24(18-25(28)33)38-31(30(35-32(38)39)26-10-6-7-15-34-26)29-12-8-16-37(29)27-11-5-4-9-23(27)3/h4-16,18,21-22,30-31H,17,19-20H2,1-3H3,(H,35,39)/t21-,22+,30-,31+/m1/s1. The quantitative estimate of drug-likeness (QED) is 0.258. The Hall–Kier alpha value is -3.35. The Balaban J connectivity index is 1.43. The molecule has 0 radical (unpaired) electrons. The largest absolute Gasteiger partial charge is 0.370 e. The molecule has 5 nitrogen and oxygen atoms in total. The SMILES string of the molecule is Cc1ccccc1-n1cccc1[C@H]1[C@@H](c2ccccn2)NC(=S)N1c1ccc(N2C[C@H](C)C[C@H](C)C2)c(Cl)c1. The number of nitrogens with one attached hydrogen (secondary N) is 1. The van der Waals surface area contributed by atoms with Gasteiger partial charge in [-0.05, 0) is 91.5 Å². The van der Waals surface area contributed by atoms with Crippen LogP contribution in [-0.2, 0) is 0 Å². The van der Waals surface area contributed by atoms with Crippen LogP contribution in [0.25, 0.3) is 5.69 Å². The molecular formula is C32H34ClN5S. The normalized spacial score (nSPS) is 23.2. The van der Waals surface area contributed by atoms with E-state index in [-0.39, 0.29) is 12.1 Å². The summed E-state index contributed by atoms with van der Waals surface area (Å²) in [6.45, 7) is 8.85. The molecule has 2 aliphatic heterocycles. The van der Waals surface area contributed by atoms with Crippen LogP contribution in [0.4, 0.5) is 11.4 Å². The molecule has 39 heavy (non-hydrogen) atoms. The van der Waals surface area contributed by atoms with E-state index in [4.69, 9.17) is 28.8 Å². The molecule has 4 aromatic rings. The molecule has 2 saturated heterocycles. The number of nitrogens with zero attached hydrogens (tertiary/aromatic N) is 4. The summed E-state index contributed by atoms with van der Waals surface area (Å²) in [6, 6.07) is 24.9. The lowest BCUT2D eigenvalue weighted by Crippen LogP contribution is -2.38. The smallest absolute Gasteiger partial charge is 0.174 e. The van der Waals surface area contributed by atoms with E-state index in [9.17, 15) is 0 Å². The molecule has 0 aliphatic carbocycles. The topological polar surface area (TPSA) is 36.3 Å². The minimum Gasteiger partial charge on any atom is -0.370 e. The number of aryl methyl sites for hydroxylation is 1. The second kappa shape index (κ2) is 10.7. The fourth-order valence-corrected chi connectivity index (χ4v) is 7.02. The minimum absolute atomic E-state index is 0.126. The number of hydrogen-bond donors (Lipinski definition) is 1. The molecule has 0 spiro atoms. The molecule has 2 fully saturated rings. The van der Waals surface area contributed by atoms with Crippen LogP contribution in [0, 0.1) is 18.8 Å². The van der Waals surface area contributed by atoms with Gasteiger partial charge in [-0.15, -0.1) is 0 Å². The molecular weight excluding hydrogens is 522 g/mol. The fraction of sp³-hybridized carbons (Fsp3) is 0.312. The second-order valence-corrected chi connectivity index (χ2v) is 11.9. The number of thiocarbonyl (C=S) groups is 1. The molecule has 0 bridgehead atoms. The summed E-state index contributed by atoms with van der Waals surface area (Å²) in [6.07, 6.45) is 5.23. The number of anilines is 2. The summed E-state index contributed by atoms with van der Waals surface area (Å²) < 4.78 is 2.27. The van der Waals surface area contributed by atoms with Crippen LogP contribution in [0.15, 0.2) is 85.2 Å². The van der Waals surface area contributed by atoms with E-state index < -0.39 is 0 Å². The van der Waals surface area contributed by atoms with Crippen molar-refractivity contribution in [1.82, 2.24) is 14.9 Å². The van der Waals surface area contributed by atoms with Gasteiger partial charge in [0.15, 0.2) is 5.11 Å². The molecule has 2 aromatic carbocycles. The van der Waals surface area contributed by atoms with E-state index in [2.05, 4.69) is 107 Å². The summed E-state index contributed by atoms with van der Waals surface area (Å²) >= 11 is 13.0. The Kier molecular flexibility index (Phi) is 7.08. The Morgan fingerprint density at radius 2 is 1.69 bits per heavy atom. The first-order valence-electron chi connectivity index (χ1n) is 13.7. The van der Waals surface area contributed by atoms with Crippen LogP contribution in [0.1, 0.15) is 49.3 Å². The van der Waals surface area contributed by atoms with Crippen molar-refractivity contribution in [2.24, 2.45) is 11.8 Å². The number of pyridine rings is 1. The number of halogens is 1. The minimum atomic E-state index is -0.126. The molecule has 2 aromatic heterocycles. The van der Waals surface area contributed by atoms with Gasteiger partial charge >= 0.3 is 0 Å². The predicted molar refractivity (Wildman–Crippen MR) is 165 cm³/mol. The number of benzene rings is 2. The van der Waals surface area contributed by atoms with Gasteiger partial charge in [0, 0.05) is 42.6 Å². The maximum absolute atomic E-state index is 7.01. The maximum atomic E-state index is 7.01. The van der Waals surface area contributed by atoms with Crippen LogP contribution in [0.3, 0.4) is 0 Å². The monoisotopic (exact) mass is 555 g/mol. The van der Waals surface area contributed by atoms with Crippen LogP contribution in [0.2, 0.25) is 5.02 Å². The zero-order valence-electron chi connectivity index (χ0n) is 22.6. The lowest BCUT2D eigenvalue weighted by atomic mass is 9.91. The molecule has 0 unspecified atom stereocenters. The zero-order chi connectivity index (χ0) is 27.1. The Morgan fingerprint density at radius 3 is 2.41 bits per heavy atom. The van der Waals surface area contributed by atoms with Crippen molar-refractivity contribution in [2.75, 3.05) is 22.9 Å². The predicted octanol–water partition coefficient (Wildman–Crippen LogP) is 7.49. The van der Waals surface area contributed by atoms with Gasteiger partial charge in [0.2, 0.25) is 0 Å². The Labute approximate surface area is 241 Å². The molecule has 0 amide bonds. The third-order valence-electron chi connectivity index (χ3n) is 7.98. The lowest BCUT2D eigenvalue weighted by molar-refractivity contribution is 0.357. The van der Waals surface area contributed by atoms with Gasteiger partial charge in [-0.3, -0.25) is 4.98 Å². The first kappa shape index (κ1) is 25.9. The highest BCUT2D eigenvalue weighted by atomic mass is 35.5. The van der Waals surface area contributed by atoms with Crippen molar-refractivity contribution in [2.45, 2.75) is 39.3 Å². The first-order chi connectivity index (χ1) is 18.9. The maximum Gasteiger partial charge on any atom is 0.174 e. The molecule has 0 saturated carbocycles. The van der Waals surface area contributed by atoms with Gasteiger partial charge in [-0.2, -0.15) is 0 Å². The molecule has 200 valence electrons. The van der Waals surface area contributed by atoms with Crippen LogP contribution in [-0.4, -0.2) is 27.8 Å². The highest BCUT2D eigenvalue weighted by Gasteiger charge is 2.42. The van der Waals surface area contributed by atoms with Gasteiger partial charge in [-0.1, -0.05) is 49.7 Å². The van der Waals surface area contributed by atoms with Crippen molar-refractivity contribution in [3.05, 3.63) is 107 Å². The third kappa shape index (κ3) is 4.92. The first-order valence-corrected chi connectivity index (χ1v) is 14.5. The van der Waals surface area contributed by atoms with Crippen LogP contribution in [0.5, 0.6) is 0 Å². The molecule has 1 N–H and O–H groups in total. The average Bonchev–Trinajstić information content (AvgIpc) is 3.53. The molecule has 4 heterocycles. The fourth-order valence-electron chi connectivity index (χ4n) is 6.38. The summed E-state index contributed by atoms with van der Waals surface area (Å²) in [4.78, 5) is 9.36. The van der Waals surface area contributed by atoms with Gasteiger partial charge in [0.25, 0.3) is 0 Å². The van der Waals surface area contributed by atoms with Crippen LogP contribution >= 0.6 is 23.8 Å². The zero-order valence-corrected chi connectivity index (χ0v) is 24.2. The number of rotatable bonds is 5. The highest BCUT2D eigenvalue weighted by molar-refractivity contribution is 7.80. The molecule has 2 aliphatic rings. The molecule has 6 rings (SSSR count). The third-order valence-corrected chi connectivity index (χ3v) is 8.59. The van der Waals surface area contributed by atoms with Crippen molar-refractivity contribution >= 4 is 40.3 Å². The van der Waals surface area contributed by atoms with Crippen LogP contribution < -0.4 is 15.1 Å². The van der Waals surface area contributed by atoms with E-state index in [0.717, 1.165) is 46.6 Å². The van der Waals surface area contributed by atoms with Crippen molar-refractivity contribution < 1.29 is 0 Å². The lowest BCUT2D eigenvalue weighted by Gasteiger charge is -2.37. The van der Waals surface area contributed by atoms with Gasteiger partial charge in [0.1, 0.15) is 6.04 Å². The van der Waals surface area contributed by atoms with E-state index in [1.165, 1.54) is 12.0 Å². The van der Waals surface area contributed by atoms with E-state index in [1.807, 2.05) is 18.3 Å². The summed E-state index contributed by atoms with van der Waals surface area (Å²) in [5.41, 5.74) is 6.51. The number of para-hydroxylation sites is 1. The summed E-state index contributed by atoms with van der Waals surface area (Å²) in [5, 5.41) is 5.01. The van der Waals surface area contributed by atoms with Gasteiger partial charge < -0.3 is 19.7 Å². The molecule has 7 heteroatoms. The van der Waals surface area contributed by atoms with Crippen molar-refractivity contribution in [3.8, 4) is 5.69 Å². The number of hydrogen-bond acceptors (Lipinski definition) is 3. The number of piperidine rings is 1. The number of aromatic nitrogens is 2. The second-order valence-electron chi connectivity index (χ2n) is 11.1. The highest BCUT2D eigenvalue weighted by Crippen LogP contribution is 2.44. The summed E-state index contributed by atoms with van der Waals surface area (Å²) in [7, 11) is 0. The summed E-state index contributed by atoms with van der Waals surface area (Å²) in [5.74, 6) is 1.30. The van der Waals surface area contributed by atoms with E-state index in [0.29, 0.717) is 16.9 Å². The van der Waals surface area contributed by atoms with Crippen molar-refractivity contribution in [3.63, 3.8) is 0 Å². The van der Waals surface area contributed by atoms with E-state index >= 15 is 0 Å². The average molecular weight is 556 g/mol. The van der Waals surface area contributed by atoms with Gasteiger partial charge in [0.05, 0.1) is 22.4 Å². The van der Waals surface area contributed by atoms with E-state index in [1.54, 1.807) is 0 Å².